The van der Waals surface area contributed by atoms with Gasteiger partial charge in [-0.05, 0) is 38.6 Å². The predicted octanol–water partition coefficient (Wildman–Crippen LogP) is 2.15. The molecule has 1 aliphatic heterocycles. The van der Waals surface area contributed by atoms with Gasteiger partial charge in [-0.2, -0.15) is 0 Å². The van der Waals surface area contributed by atoms with Crippen molar-refractivity contribution in [1.82, 2.24) is 4.90 Å². The number of rotatable bonds is 5. The molecule has 2 aliphatic rings. The molecule has 2 N–H and O–H groups in total. The molecule has 0 atom stereocenters. The minimum Gasteiger partial charge on any atom is -0.378 e. The van der Waals surface area contributed by atoms with E-state index in [1.54, 1.807) is 0 Å². The Labute approximate surface area is 106 Å². The molecule has 0 radical (unpaired) electrons. The quantitative estimate of drug-likeness (QED) is 0.748. The molecule has 0 aromatic carbocycles. The summed E-state index contributed by atoms with van der Waals surface area (Å²) in [6.07, 6.45) is 11.1. The van der Waals surface area contributed by atoms with Crippen molar-refractivity contribution in [3.63, 3.8) is 0 Å². The highest BCUT2D eigenvalue weighted by molar-refractivity contribution is 4.81. The highest BCUT2D eigenvalue weighted by Gasteiger charge is 2.26. The van der Waals surface area contributed by atoms with Gasteiger partial charge in [-0.25, -0.2) is 0 Å². The number of likely N-dealkylation sites (tertiary alicyclic amines) is 1. The molecule has 0 bridgehead atoms. The summed E-state index contributed by atoms with van der Waals surface area (Å²) in [5.74, 6) is 0. The SMILES string of the molecule is NCCCOC1CCN(C2CCCCC2)CC1. The normalized spacial score (nSPS) is 25.2. The Bertz CT molecular complexity index is 196. The lowest BCUT2D eigenvalue weighted by molar-refractivity contribution is -0.00607. The summed E-state index contributed by atoms with van der Waals surface area (Å²) in [6.45, 7) is 4.10. The first-order valence-corrected chi connectivity index (χ1v) is 7.46. The highest BCUT2D eigenvalue weighted by atomic mass is 16.5. The van der Waals surface area contributed by atoms with Crippen molar-refractivity contribution in [2.75, 3.05) is 26.2 Å². The Balaban J connectivity index is 1.63. The number of nitrogens with zero attached hydrogens (tertiary/aromatic N) is 1. The Morgan fingerprint density at radius 1 is 1.00 bits per heavy atom. The summed E-state index contributed by atoms with van der Waals surface area (Å²) in [7, 11) is 0. The maximum absolute atomic E-state index is 5.85. The molecule has 3 heteroatoms. The summed E-state index contributed by atoms with van der Waals surface area (Å²) in [6, 6.07) is 0.883. The van der Waals surface area contributed by atoms with Crippen molar-refractivity contribution in [3.05, 3.63) is 0 Å². The molecule has 1 heterocycles. The van der Waals surface area contributed by atoms with Crippen LogP contribution < -0.4 is 5.73 Å². The van der Waals surface area contributed by atoms with E-state index in [0.717, 1.165) is 25.6 Å². The van der Waals surface area contributed by atoms with Crippen molar-refractivity contribution in [1.29, 1.82) is 0 Å². The van der Waals surface area contributed by atoms with Gasteiger partial charge >= 0.3 is 0 Å². The third-order valence-corrected chi connectivity index (χ3v) is 4.27. The van der Waals surface area contributed by atoms with E-state index in [1.165, 1.54) is 58.0 Å². The smallest absolute Gasteiger partial charge is 0.0599 e. The van der Waals surface area contributed by atoms with Crippen molar-refractivity contribution >= 4 is 0 Å². The van der Waals surface area contributed by atoms with E-state index >= 15 is 0 Å². The second kappa shape index (κ2) is 7.34. The lowest BCUT2D eigenvalue weighted by Gasteiger charge is -2.39. The largest absolute Gasteiger partial charge is 0.378 e. The Morgan fingerprint density at radius 3 is 2.35 bits per heavy atom. The number of piperidine rings is 1. The first-order chi connectivity index (χ1) is 8.40. The molecule has 0 amide bonds. The van der Waals surface area contributed by atoms with Crippen LogP contribution in [0.1, 0.15) is 51.4 Å². The maximum atomic E-state index is 5.85. The fraction of sp³-hybridized carbons (Fsp3) is 1.00. The predicted molar refractivity (Wildman–Crippen MR) is 71.1 cm³/mol. The van der Waals surface area contributed by atoms with Crippen LogP contribution in [0.5, 0.6) is 0 Å². The molecule has 100 valence electrons. The maximum Gasteiger partial charge on any atom is 0.0599 e. The zero-order chi connectivity index (χ0) is 11.9. The number of ether oxygens (including phenoxy) is 1. The minimum atomic E-state index is 0.501. The topological polar surface area (TPSA) is 38.5 Å². The third kappa shape index (κ3) is 4.23. The first kappa shape index (κ1) is 13.3. The molecular weight excluding hydrogens is 212 g/mol. The molecular formula is C14H28N2O. The van der Waals surface area contributed by atoms with Crippen LogP contribution >= 0.6 is 0 Å². The van der Waals surface area contributed by atoms with Gasteiger partial charge in [-0.3, -0.25) is 0 Å². The molecule has 1 aliphatic carbocycles. The summed E-state index contributed by atoms with van der Waals surface area (Å²) in [5, 5.41) is 0. The van der Waals surface area contributed by atoms with Crippen LogP contribution in [-0.4, -0.2) is 43.3 Å². The van der Waals surface area contributed by atoms with E-state index in [4.69, 9.17) is 10.5 Å². The Kier molecular flexibility index (Phi) is 5.75. The Hall–Kier alpha value is -0.120. The van der Waals surface area contributed by atoms with Gasteiger partial charge in [0.05, 0.1) is 6.10 Å². The highest BCUT2D eigenvalue weighted by Crippen LogP contribution is 2.25. The standard InChI is InChI=1S/C14H28N2O/c15-9-4-12-17-14-7-10-16(11-8-14)13-5-2-1-3-6-13/h13-14H,1-12,15H2. The van der Waals surface area contributed by atoms with Gasteiger partial charge < -0.3 is 15.4 Å². The molecule has 0 unspecified atom stereocenters. The number of hydrogen-bond acceptors (Lipinski definition) is 3. The van der Waals surface area contributed by atoms with E-state index < -0.39 is 0 Å². The van der Waals surface area contributed by atoms with Gasteiger partial charge in [0.2, 0.25) is 0 Å². The van der Waals surface area contributed by atoms with Crippen LogP contribution in [0, 0.1) is 0 Å². The molecule has 0 spiro atoms. The van der Waals surface area contributed by atoms with E-state index in [1.807, 2.05) is 0 Å². The summed E-state index contributed by atoms with van der Waals surface area (Å²) in [4.78, 5) is 2.71. The third-order valence-electron chi connectivity index (χ3n) is 4.27. The van der Waals surface area contributed by atoms with Crippen molar-refractivity contribution in [2.24, 2.45) is 5.73 Å². The van der Waals surface area contributed by atoms with Crippen molar-refractivity contribution in [2.45, 2.75) is 63.5 Å². The monoisotopic (exact) mass is 240 g/mol. The molecule has 1 saturated carbocycles. The molecule has 0 aromatic heterocycles. The van der Waals surface area contributed by atoms with Gasteiger partial charge in [-0.15, -0.1) is 0 Å². The first-order valence-electron chi connectivity index (χ1n) is 7.46. The number of nitrogens with two attached hydrogens (primary N) is 1. The van der Waals surface area contributed by atoms with Crippen LogP contribution in [0.3, 0.4) is 0 Å². The fourth-order valence-electron chi connectivity index (χ4n) is 3.19. The molecule has 2 rings (SSSR count). The van der Waals surface area contributed by atoms with Crippen LogP contribution in [0.4, 0.5) is 0 Å². The van der Waals surface area contributed by atoms with Crippen LogP contribution in [-0.2, 0) is 4.74 Å². The van der Waals surface area contributed by atoms with E-state index in [9.17, 15) is 0 Å². The van der Waals surface area contributed by atoms with E-state index in [0.29, 0.717) is 6.10 Å². The molecule has 0 aromatic rings. The molecule has 2 fully saturated rings. The fourth-order valence-corrected chi connectivity index (χ4v) is 3.19. The van der Waals surface area contributed by atoms with Crippen molar-refractivity contribution < 1.29 is 4.74 Å². The van der Waals surface area contributed by atoms with Crippen LogP contribution in [0.25, 0.3) is 0 Å². The van der Waals surface area contributed by atoms with Gasteiger partial charge in [0, 0.05) is 25.7 Å². The van der Waals surface area contributed by atoms with Gasteiger partial charge in [-0.1, -0.05) is 19.3 Å². The van der Waals surface area contributed by atoms with E-state index in [2.05, 4.69) is 4.90 Å². The second-order valence-electron chi connectivity index (χ2n) is 5.54. The molecule has 3 nitrogen and oxygen atoms in total. The lowest BCUT2D eigenvalue weighted by Crippen LogP contribution is -2.44. The van der Waals surface area contributed by atoms with Gasteiger partial charge in [0.1, 0.15) is 0 Å². The van der Waals surface area contributed by atoms with Gasteiger partial charge in [0.15, 0.2) is 0 Å². The van der Waals surface area contributed by atoms with E-state index in [-0.39, 0.29) is 0 Å². The molecule has 17 heavy (non-hydrogen) atoms. The van der Waals surface area contributed by atoms with Crippen LogP contribution in [0.15, 0.2) is 0 Å². The average molecular weight is 240 g/mol. The molecule has 1 saturated heterocycles. The zero-order valence-corrected chi connectivity index (χ0v) is 11.1. The Morgan fingerprint density at radius 2 is 1.71 bits per heavy atom. The summed E-state index contributed by atoms with van der Waals surface area (Å²) in [5.41, 5.74) is 5.48. The van der Waals surface area contributed by atoms with Crippen LogP contribution in [0.2, 0.25) is 0 Å². The summed E-state index contributed by atoms with van der Waals surface area (Å²) < 4.78 is 5.85. The average Bonchev–Trinajstić information content (AvgIpc) is 2.41. The minimum absolute atomic E-state index is 0.501. The van der Waals surface area contributed by atoms with Crippen molar-refractivity contribution in [3.8, 4) is 0 Å². The lowest BCUT2D eigenvalue weighted by atomic mass is 9.92. The number of hydrogen-bond donors (Lipinski definition) is 1. The second-order valence-corrected chi connectivity index (χ2v) is 5.54. The zero-order valence-electron chi connectivity index (χ0n) is 11.1. The van der Waals surface area contributed by atoms with Gasteiger partial charge in [0.25, 0.3) is 0 Å². The summed E-state index contributed by atoms with van der Waals surface area (Å²) >= 11 is 0.